The fourth-order valence-electron chi connectivity index (χ4n) is 0.975. The zero-order chi connectivity index (χ0) is 10.9. The minimum absolute atomic E-state index is 0.0953. The van der Waals surface area contributed by atoms with Crippen molar-refractivity contribution in [1.29, 1.82) is 0 Å². The van der Waals surface area contributed by atoms with E-state index in [0.29, 0.717) is 25.3 Å². The fourth-order valence-corrected chi connectivity index (χ4v) is 0.975. The first-order valence-corrected chi connectivity index (χ1v) is 4.70. The van der Waals surface area contributed by atoms with E-state index in [1.807, 2.05) is 0 Å². The normalized spacial score (nSPS) is 9.93. The highest BCUT2D eigenvalue weighted by atomic mass is 16.3. The molecule has 0 spiro atoms. The van der Waals surface area contributed by atoms with Gasteiger partial charge in [0.2, 0.25) is 0 Å². The van der Waals surface area contributed by atoms with Crippen molar-refractivity contribution in [2.24, 2.45) is 0 Å². The molecular formula is C9H14N4O2. The molecule has 6 heteroatoms. The van der Waals surface area contributed by atoms with E-state index in [9.17, 15) is 4.79 Å². The first-order chi connectivity index (χ1) is 7.34. The number of carbonyl (C=O) groups excluding carboxylic acids is 1. The van der Waals surface area contributed by atoms with E-state index in [1.54, 1.807) is 0 Å². The number of aliphatic hydroxyl groups is 1. The van der Waals surface area contributed by atoms with Gasteiger partial charge in [-0.3, -0.25) is 9.78 Å². The van der Waals surface area contributed by atoms with Gasteiger partial charge in [-0.05, 0) is 0 Å². The number of rotatable bonds is 6. The van der Waals surface area contributed by atoms with E-state index in [-0.39, 0.29) is 12.5 Å². The van der Waals surface area contributed by atoms with E-state index in [1.165, 1.54) is 18.6 Å². The van der Waals surface area contributed by atoms with Crippen LogP contribution in [0, 0.1) is 0 Å². The Kier molecular flexibility index (Phi) is 5.28. The molecule has 0 unspecified atom stereocenters. The van der Waals surface area contributed by atoms with Crippen LogP contribution in [0.3, 0.4) is 0 Å². The standard InChI is InChI=1S/C9H14N4O2/c14-6-5-10-1-4-13-9(15)8-7-11-2-3-12-8/h2-3,7,10,14H,1,4-6H2,(H,13,15). The van der Waals surface area contributed by atoms with Gasteiger partial charge in [0.1, 0.15) is 5.69 Å². The van der Waals surface area contributed by atoms with Crippen molar-refractivity contribution >= 4 is 5.91 Å². The van der Waals surface area contributed by atoms with Gasteiger partial charge < -0.3 is 15.7 Å². The number of nitrogens with zero attached hydrogens (tertiary/aromatic N) is 2. The van der Waals surface area contributed by atoms with Gasteiger partial charge in [-0.2, -0.15) is 0 Å². The van der Waals surface area contributed by atoms with Crippen LogP contribution >= 0.6 is 0 Å². The molecule has 0 fully saturated rings. The van der Waals surface area contributed by atoms with E-state index in [2.05, 4.69) is 20.6 Å². The van der Waals surface area contributed by atoms with Gasteiger partial charge >= 0.3 is 0 Å². The van der Waals surface area contributed by atoms with Crippen LogP contribution in [0.25, 0.3) is 0 Å². The zero-order valence-electron chi connectivity index (χ0n) is 8.31. The number of aromatic nitrogens is 2. The maximum Gasteiger partial charge on any atom is 0.271 e. The van der Waals surface area contributed by atoms with Crippen LogP contribution in [0.2, 0.25) is 0 Å². The van der Waals surface area contributed by atoms with Crippen LogP contribution in [0.4, 0.5) is 0 Å². The second-order valence-electron chi connectivity index (χ2n) is 2.82. The maximum absolute atomic E-state index is 11.4. The number of hydrogen-bond acceptors (Lipinski definition) is 5. The number of amides is 1. The van der Waals surface area contributed by atoms with Crippen LogP contribution in [0.15, 0.2) is 18.6 Å². The quantitative estimate of drug-likeness (QED) is 0.513. The number of hydrogen-bond donors (Lipinski definition) is 3. The molecule has 1 amide bonds. The van der Waals surface area contributed by atoms with E-state index in [0.717, 1.165) is 0 Å². The molecule has 82 valence electrons. The predicted octanol–water partition coefficient (Wildman–Crippen LogP) is -1.21. The minimum Gasteiger partial charge on any atom is -0.395 e. The summed E-state index contributed by atoms with van der Waals surface area (Å²) in [5.41, 5.74) is 0.305. The Morgan fingerprint density at radius 1 is 1.33 bits per heavy atom. The molecule has 6 nitrogen and oxygen atoms in total. The van der Waals surface area contributed by atoms with Crippen molar-refractivity contribution < 1.29 is 9.90 Å². The molecule has 15 heavy (non-hydrogen) atoms. The molecule has 0 atom stereocenters. The van der Waals surface area contributed by atoms with E-state index < -0.39 is 0 Å². The van der Waals surface area contributed by atoms with Crippen LogP contribution < -0.4 is 10.6 Å². The predicted molar refractivity (Wildman–Crippen MR) is 54.3 cm³/mol. The first-order valence-electron chi connectivity index (χ1n) is 4.70. The van der Waals surface area contributed by atoms with Crippen molar-refractivity contribution in [3.8, 4) is 0 Å². The lowest BCUT2D eigenvalue weighted by Crippen LogP contribution is -2.33. The van der Waals surface area contributed by atoms with Crippen LogP contribution in [0.5, 0.6) is 0 Å². The van der Waals surface area contributed by atoms with Gasteiger partial charge in [0.15, 0.2) is 0 Å². The molecule has 0 aromatic carbocycles. The Labute approximate surface area is 87.8 Å². The molecule has 0 aliphatic carbocycles. The summed E-state index contributed by atoms with van der Waals surface area (Å²) < 4.78 is 0. The summed E-state index contributed by atoms with van der Waals surface area (Å²) in [5.74, 6) is -0.242. The lowest BCUT2D eigenvalue weighted by atomic mass is 10.4. The highest BCUT2D eigenvalue weighted by molar-refractivity contribution is 5.91. The lowest BCUT2D eigenvalue weighted by Gasteiger charge is -2.04. The van der Waals surface area contributed by atoms with Crippen LogP contribution in [-0.4, -0.2) is 47.2 Å². The van der Waals surface area contributed by atoms with E-state index in [4.69, 9.17) is 5.11 Å². The Morgan fingerprint density at radius 2 is 2.20 bits per heavy atom. The Balaban J connectivity index is 2.20. The lowest BCUT2D eigenvalue weighted by molar-refractivity contribution is 0.0948. The molecule has 0 aliphatic heterocycles. The SMILES string of the molecule is O=C(NCCNCCO)c1cnccn1. The second-order valence-corrected chi connectivity index (χ2v) is 2.82. The molecule has 1 rings (SSSR count). The molecule has 0 bridgehead atoms. The monoisotopic (exact) mass is 210 g/mol. The highest BCUT2D eigenvalue weighted by Crippen LogP contribution is 1.88. The van der Waals surface area contributed by atoms with Gasteiger partial charge in [-0.1, -0.05) is 0 Å². The summed E-state index contributed by atoms with van der Waals surface area (Å²) in [6.07, 6.45) is 4.40. The molecule has 0 aliphatic rings. The number of aliphatic hydroxyl groups excluding tert-OH is 1. The molecule has 1 aromatic rings. The third-order valence-electron chi connectivity index (χ3n) is 1.67. The summed E-state index contributed by atoms with van der Waals surface area (Å²) in [5, 5.41) is 14.1. The largest absolute Gasteiger partial charge is 0.395 e. The number of carbonyl (C=O) groups is 1. The van der Waals surface area contributed by atoms with Gasteiger partial charge in [0, 0.05) is 32.0 Å². The Hall–Kier alpha value is -1.53. The molecule has 1 aromatic heterocycles. The minimum atomic E-state index is -0.242. The van der Waals surface area contributed by atoms with Gasteiger partial charge in [0.25, 0.3) is 5.91 Å². The summed E-state index contributed by atoms with van der Waals surface area (Å²) in [6, 6.07) is 0. The summed E-state index contributed by atoms with van der Waals surface area (Å²) in [7, 11) is 0. The average molecular weight is 210 g/mol. The molecule has 0 saturated carbocycles. The van der Waals surface area contributed by atoms with E-state index >= 15 is 0 Å². The average Bonchev–Trinajstić information content (AvgIpc) is 2.30. The molecule has 3 N–H and O–H groups in total. The summed E-state index contributed by atoms with van der Waals surface area (Å²) >= 11 is 0. The third kappa shape index (κ3) is 4.48. The van der Waals surface area contributed by atoms with Crippen LogP contribution in [0.1, 0.15) is 10.5 Å². The Morgan fingerprint density at radius 3 is 2.87 bits per heavy atom. The van der Waals surface area contributed by atoms with Gasteiger partial charge in [-0.15, -0.1) is 0 Å². The molecule has 1 heterocycles. The van der Waals surface area contributed by atoms with Crippen molar-refractivity contribution in [3.05, 3.63) is 24.3 Å². The first kappa shape index (κ1) is 11.5. The van der Waals surface area contributed by atoms with Crippen molar-refractivity contribution in [1.82, 2.24) is 20.6 Å². The van der Waals surface area contributed by atoms with Crippen molar-refractivity contribution in [3.63, 3.8) is 0 Å². The fraction of sp³-hybridized carbons (Fsp3) is 0.444. The van der Waals surface area contributed by atoms with Crippen molar-refractivity contribution in [2.45, 2.75) is 0 Å². The molecule has 0 saturated heterocycles. The van der Waals surface area contributed by atoms with Crippen molar-refractivity contribution in [2.75, 3.05) is 26.2 Å². The highest BCUT2D eigenvalue weighted by Gasteiger charge is 2.04. The zero-order valence-corrected chi connectivity index (χ0v) is 8.31. The smallest absolute Gasteiger partial charge is 0.271 e. The third-order valence-corrected chi connectivity index (χ3v) is 1.67. The molecule has 0 radical (unpaired) electrons. The summed E-state index contributed by atoms with van der Waals surface area (Å²) in [6.45, 7) is 1.74. The molecular weight excluding hydrogens is 196 g/mol. The van der Waals surface area contributed by atoms with Crippen LogP contribution in [-0.2, 0) is 0 Å². The Bertz CT molecular complexity index is 291. The van der Waals surface area contributed by atoms with Gasteiger partial charge in [-0.25, -0.2) is 4.98 Å². The topological polar surface area (TPSA) is 87.1 Å². The summed E-state index contributed by atoms with van der Waals surface area (Å²) in [4.78, 5) is 19.0. The van der Waals surface area contributed by atoms with Gasteiger partial charge in [0.05, 0.1) is 12.8 Å². The maximum atomic E-state index is 11.4. The number of nitrogens with one attached hydrogen (secondary N) is 2. The second kappa shape index (κ2) is 6.86.